The van der Waals surface area contributed by atoms with E-state index in [1.807, 2.05) is 0 Å². The summed E-state index contributed by atoms with van der Waals surface area (Å²) in [5, 5.41) is 0. The van der Waals surface area contributed by atoms with Crippen LogP contribution in [-0.2, 0) is 7.05 Å². The van der Waals surface area contributed by atoms with Crippen molar-refractivity contribution in [3.63, 3.8) is 0 Å². The number of pyridine rings is 1. The maximum atomic E-state index is 2.33. The average molecular weight is 268 g/mol. The lowest BCUT2D eigenvalue weighted by Crippen LogP contribution is -2.32. The van der Waals surface area contributed by atoms with Crippen molar-refractivity contribution < 1.29 is 4.57 Å². The number of aryl methyl sites for hydroxylation is 4. The molecule has 0 aliphatic heterocycles. The van der Waals surface area contributed by atoms with Gasteiger partial charge >= 0.3 is 0 Å². The first-order valence-corrected chi connectivity index (χ1v) is 7.51. The number of nitrogens with zero attached hydrogens (tertiary/aromatic N) is 1. The zero-order valence-corrected chi connectivity index (χ0v) is 13.6. The van der Waals surface area contributed by atoms with Gasteiger partial charge in [-0.25, -0.2) is 4.57 Å². The van der Waals surface area contributed by atoms with Crippen LogP contribution in [0.2, 0.25) is 0 Å². The average Bonchev–Trinajstić information content (AvgIpc) is 2.40. The van der Waals surface area contributed by atoms with Crippen molar-refractivity contribution in [2.24, 2.45) is 7.05 Å². The van der Waals surface area contributed by atoms with E-state index in [4.69, 9.17) is 0 Å². The summed E-state index contributed by atoms with van der Waals surface area (Å²) in [6, 6.07) is 9.02. The Labute approximate surface area is 123 Å². The van der Waals surface area contributed by atoms with Gasteiger partial charge in [-0.3, -0.25) is 0 Å². The molecule has 2 rings (SSSR count). The van der Waals surface area contributed by atoms with E-state index in [1.165, 1.54) is 39.9 Å². The Bertz CT molecular complexity index is 626. The summed E-state index contributed by atoms with van der Waals surface area (Å²) in [4.78, 5) is 0. The summed E-state index contributed by atoms with van der Waals surface area (Å²) in [5.41, 5.74) is 8.15. The topological polar surface area (TPSA) is 3.88 Å². The number of benzene rings is 1. The van der Waals surface area contributed by atoms with E-state index >= 15 is 0 Å². The van der Waals surface area contributed by atoms with Crippen LogP contribution in [0, 0.1) is 20.8 Å². The first-order valence-electron chi connectivity index (χ1n) is 7.51. The highest BCUT2D eigenvalue weighted by Crippen LogP contribution is 2.26. The highest BCUT2D eigenvalue weighted by molar-refractivity contribution is 5.62. The van der Waals surface area contributed by atoms with Crippen molar-refractivity contribution in [2.75, 3.05) is 0 Å². The van der Waals surface area contributed by atoms with Gasteiger partial charge in [0.25, 0.3) is 0 Å². The predicted octanol–water partition coefficient (Wildman–Crippen LogP) is 4.62. The second-order valence-corrected chi connectivity index (χ2v) is 6.04. The van der Waals surface area contributed by atoms with E-state index in [9.17, 15) is 0 Å². The molecule has 1 heterocycles. The number of aromatic nitrogens is 1. The largest absolute Gasteiger partial charge is 0.212 e. The minimum Gasteiger partial charge on any atom is -0.201 e. The maximum absolute atomic E-state index is 2.33. The molecule has 0 saturated carbocycles. The van der Waals surface area contributed by atoms with Gasteiger partial charge in [-0.1, -0.05) is 31.5 Å². The Morgan fingerprint density at radius 3 is 2.35 bits per heavy atom. The van der Waals surface area contributed by atoms with Crippen LogP contribution in [0.5, 0.6) is 0 Å². The molecule has 1 unspecified atom stereocenters. The Morgan fingerprint density at radius 1 is 1.05 bits per heavy atom. The van der Waals surface area contributed by atoms with Gasteiger partial charge in [0.05, 0.1) is 0 Å². The normalized spacial score (nSPS) is 12.5. The van der Waals surface area contributed by atoms with Crippen molar-refractivity contribution in [1.29, 1.82) is 0 Å². The summed E-state index contributed by atoms with van der Waals surface area (Å²) in [6.07, 6.45) is 3.49. The molecular formula is C19H26N+. The first-order chi connectivity index (χ1) is 9.43. The zero-order chi connectivity index (χ0) is 14.9. The third kappa shape index (κ3) is 2.77. The Morgan fingerprint density at radius 2 is 1.75 bits per heavy atom. The molecule has 0 radical (unpaired) electrons. The molecule has 1 atom stereocenters. The van der Waals surface area contributed by atoms with Crippen LogP contribution in [0.15, 0.2) is 30.5 Å². The highest BCUT2D eigenvalue weighted by Gasteiger charge is 2.17. The Balaban J connectivity index is 2.56. The molecule has 1 aromatic carbocycles. The van der Waals surface area contributed by atoms with E-state index in [0.29, 0.717) is 5.92 Å². The molecule has 2 aromatic rings. The van der Waals surface area contributed by atoms with Gasteiger partial charge in [-0.15, -0.1) is 0 Å². The van der Waals surface area contributed by atoms with E-state index in [1.54, 1.807) is 0 Å². The number of hydrogen-bond acceptors (Lipinski definition) is 0. The van der Waals surface area contributed by atoms with E-state index in [2.05, 4.69) is 76.7 Å². The fourth-order valence-corrected chi connectivity index (χ4v) is 2.87. The van der Waals surface area contributed by atoms with E-state index in [0.717, 1.165) is 0 Å². The SMILES string of the molecule is CCC(C)c1c[n+](C)c(-c2ccc(C)cc2C)cc1C. The maximum Gasteiger partial charge on any atom is 0.212 e. The van der Waals surface area contributed by atoms with Gasteiger partial charge in [-0.05, 0) is 50.3 Å². The van der Waals surface area contributed by atoms with Crippen LogP contribution < -0.4 is 4.57 Å². The van der Waals surface area contributed by atoms with Crippen molar-refractivity contribution in [3.8, 4) is 11.3 Å². The van der Waals surface area contributed by atoms with E-state index in [-0.39, 0.29) is 0 Å². The molecule has 0 bridgehead atoms. The van der Waals surface area contributed by atoms with Crippen LogP contribution in [0.1, 0.15) is 48.4 Å². The lowest BCUT2D eigenvalue weighted by molar-refractivity contribution is -0.661. The van der Waals surface area contributed by atoms with Gasteiger partial charge in [0.2, 0.25) is 5.69 Å². The number of hydrogen-bond donors (Lipinski definition) is 0. The quantitative estimate of drug-likeness (QED) is 0.715. The summed E-state index contributed by atoms with van der Waals surface area (Å²) in [6.45, 7) is 11.1. The van der Waals surface area contributed by atoms with Gasteiger partial charge < -0.3 is 0 Å². The van der Waals surface area contributed by atoms with Gasteiger partial charge in [0, 0.05) is 17.2 Å². The van der Waals surface area contributed by atoms with Crippen LogP contribution in [0.4, 0.5) is 0 Å². The molecular weight excluding hydrogens is 242 g/mol. The Kier molecular flexibility index (Phi) is 4.27. The monoisotopic (exact) mass is 268 g/mol. The molecule has 1 heteroatoms. The second-order valence-electron chi connectivity index (χ2n) is 6.04. The summed E-state index contributed by atoms with van der Waals surface area (Å²) < 4.78 is 2.27. The molecule has 0 saturated heterocycles. The van der Waals surface area contributed by atoms with Crippen LogP contribution >= 0.6 is 0 Å². The molecule has 1 aromatic heterocycles. The van der Waals surface area contributed by atoms with Crippen molar-refractivity contribution in [1.82, 2.24) is 0 Å². The molecule has 1 nitrogen and oxygen atoms in total. The standard InChI is InChI=1S/C19H26N/c1-7-14(3)18-12-20(6)19(11-16(18)5)17-9-8-13(2)10-15(17)4/h8-12,14H,7H2,1-6H3/q+1. The summed E-state index contributed by atoms with van der Waals surface area (Å²) in [5.74, 6) is 0.620. The minimum absolute atomic E-state index is 0.620. The molecule has 0 N–H and O–H groups in total. The molecule has 0 fully saturated rings. The van der Waals surface area contributed by atoms with Gasteiger partial charge in [-0.2, -0.15) is 0 Å². The smallest absolute Gasteiger partial charge is 0.201 e. The summed E-state index contributed by atoms with van der Waals surface area (Å²) in [7, 11) is 2.15. The molecule has 106 valence electrons. The third-order valence-electron chi connectivity index (χ3n) is 4.32. The zero-order valence-electron chi connectivity index (χ0n) is 13.6. The van der Waals surface area contributed by atoms with E-state index < -0.39 is 0 Å². The lowest BCUT2D eigenvalue weighted by atomic mass is 9.94. The number of rotatable bonds is 3. The summed E-state index contributed by atoms with van der Waals surface area (Å²) >= 11 is 0. The first kappa shape index (κ1) is 14.8. The highest BCUT2D eigenvalue weighted by atomic mass is 14.9. The molecule has 0 amide bonds. The lowest BCUT2D eigenvalue weighted by Gasteiger charge is -2.13. The molecule has 0 aliphatic carbocycles. The van der Waals surface area contributed by atoms with Crippen LogP contribution in [-0.4, -0.2) is 0 Å². The van der Waals surface area contributed by atoms with Gasteiger partial charge in [0.1, 0.15) is 7.05 Å². The molecule has 20 heavy (non-hydrogen) atoms. The predicted molar refractivity (Wildman–Crippen MR) is 86.0 cm³/mol. The molecule has 0 spiro atoms. The molecule has 0 aliphatic rings. The second kappa shape index (κ2) is 5.78. The third-order valence-corrected chi connectivity index (χ3v) is 4.32. The van der Waals surface area contributed by atoms with Gasteiger partial charge in [0.15, 0.2) is 6.20 Å². The van der Waals surface area contributed by atoms with Crippen LogP contribution in [0.25, 0.3) is 11.3 Å². The minimum atomic E-state index is 0.620. The van der Waals surface area contributed by atoms with Crippen LogP contribution in [0.3, 0.4) is 0 Å². The Hall–Kier alpha value is -1.63. The van der Waals surface area contributed by atoms with Crippen molar-refractivity contribution >= 4 is 0 Å². The fourth-order valence-electron chi connectivity index (χ4n) is 2.87. The van der Waals surface area contributed by atoms with Crippen molar-refractivity contribution in [2.45, 2.75) is 47.0 Å². The van der Waals surface area contributed by atoms with Crippen molar-refractivity contribution in [3.05, 3.63) is 52.7 Å². The fraction of sp³-hybridized carbons (Fsp3) is 0.421.